The summed E-state index contributed by atoms with van der Waals surface area (Å²) >= 11 is 0. The van der Waals surface area contributed by atoms with Gasteiger partial charge < -0.3 is 4.74 Å². The fraction of sp³-hybridized carbons (Fsp3) is 0.556. The van der Waals surface area contributed by atoms with Gasteiger partial charge in [-0.1, -0.05) is 12.2 Å². The Balaban J connectivity index is 1.97. The van der Waals surface area contributed by atoms with Gasteiger partial charge in [0.05, 0.1) is 5.44 Å². The van der Waals surface area contributed by atoms with Gasteiger partial charge >= 0.3 is 0 Å². The molecule has 0 aliphatic carbocycles. The molecule has 0 spiro atoms. The lowest BCUT2D eigenvalue weighted by molar-refractivity contribution is 0.173. The van der Waals surface area contributed by atoms with Gasteiger partial charge in [0.15, 0.2) is 0 Å². The van der Waals surface area contributed by atoms with Gasteiger partial charge in [0.25, 0.3) is 0 Å². The van der Waals surface area contributed by atoms with Crippen LogP contribution in [0.1, 0.15) is 19.3 Å². The average Bonchev–Trinajstić information content (AvgIpc) is 2.58. The third-order valence-electron chi connectivity index (χ3n) is 2.07. The minimum Gasteiger partial charge on any atom is -0.369 e. The Labute approximate surface area is 70.5 Å². The van der Waals surface area contributed by atoms with Crippen LogP contribution in [0.25, 0.3) is 0 Å². The molecule has 1 fully saturated rings. The zero-order valence-corrected chi connectivity index (χ0v) is 7.47. The number of ether oxygens (including phenoxy) is 1. The number of thiol groups is 1. The summed E-state index contributed by atoms with van der Waals surface area (Å²) in [7, 11) is -0.0562. The first-order valence-corrected chi connectivity index (χ1v) is 5.74. The van der Waals surface area contributed by atoms with Crippen LogP contribution >= 0.6 is 10.9 Å². The van der Waals surface area contributed by atoms with Crippen LogP contribution in [0.2, 0.25) is 0 Å². The monoisotopic (exact) mass is 170 g/mol. The highest BCUT2D eigenvalue weighted by Crippen LogP contribution is 2.42. The average molecular weight is 170 g/mol. The Morgan fingerprint density at radius 1 is 1.27 bits per heavy atom. The summed E-state index contributed by atoms with van der Waals surface area (Å²) in [5, 5.41) is 4.68. The summed E-state index contributed by atoms with van der Waals surface area (Å²) in [6.07, 6.45) is 8.15. The molecule has 0 amide bonds. The van der Waals surface area contributed by atoms with E-state index in [0.717, 1.165) is 13.0 Å². The lowest BCUT2D eigenvalue weighted by atomic mass is 10.4. The molecule has 0 aromatic rings. The molecular weight excluding hydrogens is 156 g/mol. The highest BCUT2D eigenvalue weighted by Gasteiger charge is 2.19. The molecular formula is C9H14OS. The lowest BCUT2D eigenvalue weighted by Gasteiger charge is -2.21. The largest absolute Gasteiger partial charge is 0.369 e. The Morgan fingerprint density at radius 2 is 2.09 bits per heavy atom. The molecule has 0 aromatic heterocycles. The molecule has 1 nitrogen and oxygen atoms in total. The maximum Gasteiger partial charge on any atom is 0.0918 e. The van der Waals surface area contributed by atoms with Crippen LogP contribution in [0.15, 0.2) is 23.0 Å². The van der Waals surface area contributed by atoms with Crippen molar-refractivity contribution in [1.82, 2.24) is 0 Å². The topological polar surface area (TPSA) is 9.23 Å². The molecule has 11 heavy (non-hydrogen) atoms. The van der Waals surface area contributed by atoms with E-state index in [-0.39, 0.29) is 10.9 Å². The van der Waals surface area contributed by atoms with E-state index in [1.165, 1.54) is 12.8 Å². The van der Waals surface area contributed by atoms with E-state index in [1.54, 1.807) is 0 Å². The first kappa shape index (κ1) is 7.44. The van der Waals surface area contributed by atoms with Crippen molar-refractivity contribution in [3.05, 3.63) is 23.0 Å². The van der Waals surface area contributed by atoms with Crippen molar-refractivity contribution in [3.8, 4) is 0 Å². The first-order valence-electron chi connectivity index (χ1n) is 4.19. The molecule has 2 heteroatoms. The molecule has 1 unspecified atom stereocenters. The van der Waals surface area contributed by atoms with Crippen molar-refractivity contribution in [2.45, 2.75) is 24.7 Å². The van der Waals surface area contributed by atoms with Crippen LogP contribution in [-0.2, 0) is 4.74 Å². The summed E-state index contributed by atoms with van der Waals surface area (Å²) in [4.78, 5) is 0. The van der Waals surface area contributed by atoms with Crippen molar-refractivity contribution in [2.24, 2.45) is 0 Å². The van der Waals surface area contributed by atoms with Gasteiger partial charge in [0.1, 0.15) is 0 Å². The van der Waals surface area contributed by atoms with Crippen molar-refractivity contribution >= 4 is 10.9 Å². The van der Waals surface area contributed by atoms with Crippen LogP contribution in [-0.4, -0.2) is 12.0 Å². The standard InChI is InChI=1S/C9H14OS/c1-2-7-11(8-3-1)9-5-4-6-10-9/h2-3,7-9,11H,1,4-6H2. The Bertz CT molecular complexity index is 168. The zero-order chi connectivity index (χ0) is 7.52. The Hall–Kier alpha value is -0.210. The molecule has 0 aromatic carbocycles. The van der Waals surface area contributed by atoms with Crippen LogP contribution in [0.5, 0.6) is 0 Å². The Kier molecular flexibility index (Phi) is 2.34. The molecule has 0 saturated carbocycles. The Morgan fingerprint density at radius 3 is 2.73 bits per heavy atom. The van der Waals surface area contributed by atoms with E-state index in [2.05, 4.69) is 23.0 Å². The lowest BCUT2D eigenvalue weighted by Crippen LogP contribution is -2.02. The molecule has 1 atom stereocenters. The van der Waals surface area contributed by atoms with E-state index in [0.29, 0.717) is 5.44 Å². The number of hydrogen-bond donors (Lipinski definition) is 1. The van der Waals surface area contributed by atoms with E-state index < -0.39 is 0 Å². The normalized spacial score (nSPS) is 33.1. The number of hydrogen-bond acceptors (Lipinski definition) is 1. The summed E-state index contributed by atoms with van der Waals surface area (Å²) in [5.74, 6) is 0. The van der Waals surface area contributed by atoms with Gasteiger partial charge in [-0.15, -0.1) is 0 Å². The molecule has 0 N–H and O–H groups in total. The molecule has 2 aliphatic rings. The molecule has 2 rings (SSSR count). The van der Waals surface area contributed by atoms with Crippen molar-refractivity contribution in [1.29, 1.82) is 0 Å². The van der Waals surface area contributed by atoms with Gasteiger partial charge in [0, 0.05) is 6.61 Å². The molecule has 62 valence electrons. The van der Waals surface area contributed by atoms with Gasteiger partial charge in [0.2, 0.25) is 0 Å². The fourth-order valence-electron chi connectivity index (χ4n) is 1.48. The number of allylic oxidation sites excluding steroid dienone is 2. The summed E-state index contributed by atoms with van der Waals surface area (Å²) in [6, 6.07) is 0. The predicted octanol–water partition coefficient (Wildman–Crippen LogP) is 2.56. The van der Waals surface area contributed by atoms with Crippen molar-refractivity contribution in [3.63, 3.8) is 0 Å². The predicted molar refractivity (Wildman–Crippen MR) is 50.9 cm³/mol. The summed E-state index contributed by atoms with van der Waals surface area (Å²) in [5.41, 5.74) is 0.540. The third kappa shape index (κ3) is 1.68. The first-order chi connectivity index (χ1) is 5.47. The second kappa shape index (κ2) is 3.46. The summed E-state index contributed by atoms with van der Waals surface area (Å²) < 4.78 is 5.62. The maximum atomic E-state index is 5.62. The molecule has 2 heterocycles. The van der Waals surface area contributed by atoms with E-state index >= 15 is 0 Å². The van der Waals surface area contributed by atoms with Crippen LogP contribution < -0.4 is 0 Å². The van der Waals surface area contributed by atoms with E-state index in [9.17, 15) is 0 Å². The van der Waals surface area contributed by atoms with Crippen molar-refractivity contribution < 1.29 is 4.74 Å². The molecule has 0 radical (unpaired) electrons. The highest BCUT2D eigenvalue weighted by atomic mass is 32.2. The summed E-state index contributed by atoms with van der Waals surface area (Å²) in [6.45, 7) is 0.977. The zero-order valence-electron chi connectivity index (χ0n) is 6.57. The SMILES string of the molecule is C1=C[SH](C2CCCO2)C=CC1. The van der Waals surface area contributed by atoms with Gasteiger partial charge in [-0.2, -0.15) is 10.9 Å². The van der Waals surface area contributed by atoms with Gasteiger partial charge in [-0.05, 0) is 30.1 Å². The van der Waals surface area contributed by atoms with E-state index in [1.807, 2.05) is 0 Å². The van der Waals surface area contributed by atoms with E-state index in [4.69, 9.17) is 4.74 Å². The molecule has 0 bridgehead atoms. The van der Waals surface area contributed by atoms with Gasteiger partial charge in [-0.25, -0.2) is 0 Å². The van der Waals surface area contributed by atoms with Crippen LogP contribution in [0, 0.1) is 0 Å². The molecule has 2 aliphatic heterocycles. The fourth-order valence-corrected chi connectivity index (χ4v) is 3.45. The third-order valence-corrected chi connectivity index (χ3v) is 4.25. The van der Waals surface area contributed by atoms with Gasteiger partial charge in [-0.3, -0.25) is 0 Å². The second-order valence-corrected chi connectivity index (χ2v) is 4.99. The molecule has 1 saturated heterocycles. The van der Waals surface area contributed by atoms with Crippen LogP contribution in [0.4, 0.5) is 0 Å². The highest BCUT2D eigenvalue weighted by molar-refractivity contribution is 8.22. The minimum absolute atomic E-state index is 0.0562. The minimum atomic E-state index is -0.0562. The van der Waals surface area contributed by atoms with Crippen molar-refractivity contribution in [2.75, 3.05) is 6.61 Å². The quantitative estimate of drug-likeness (QED) is 0.595. The second-order valence-electron chi connectivity index (χ2n) is 2.92. The van der Waals surface area contributed by atoms with Crippen LogP contribution in [0.3, 0.4) is 0 Å². The smallest absolute Gasteiger partial charge is 0.0918 e. The number of rotatable bonds is 1. The maximum absolute atomic E-state index is 5.62.